The van der Waals surface area contributed by atoms with E-state index < -0.39 is 36.5 Å². The van der Waals surface area contributed by atoms with Gasteiger partial charge in [0, 0.05) is 19.6 Å². The number of nitrogens with one attached hydrogen (secondary N) is 1. The van der Waals surface area contributed by atoms with Crippen LogP contribution in [0.3, 0.4) is 0 Å². The predicted molar refractivity (Wildman–Crippen MR) is 190 cm³/mol. The molecule has 4 atom stereocenters. The second-order valence-corrected chi connectivity index (χ2v) is 12.1. The van der Waals surface area contributed by atoms with Crippen molar-refractivity contribution in [1.82, 2.24) is 19.5 Å². The van der Waals surface area contributed by atoms with Crippen molar-refractivity contribution in [3.05, 3.63) is 156 Å². The monoisotopic (exact) mass is 694 g/mol. The number of fused-ring (bicyclic) bond motifs is 1. The third kappa shape index (κ3) is 7.22. The molecule has 0 bridgehead atoms. The summed E-state index contributed by atoms with van der Waals surface area (Å²) in [6, 6.07) is 39.2. The number of carbonyl (C=O) groups is 2. The van der Waals surface area contributed by atoms with E-state index in [-0.39, 0.29) is 24.0 Å². The van der Waals surface area contributed by atoms with Crippen LogP contribution in [0.2, 0.25) is 0 Å². The van der Waals surface area contributed by atoms with Gasteiger partial charge in [0.05, 0.1) is 24.1 Å². The van der Waals surface area contributed by atoms with Gasteiger partial charge in [0.1, 0.15) is 12.2 Å². The third-order valence-corrected chi connectivity index (χ3v) is 8.79. The number of hydrogen-bond donors (Lipinski definition) is 1. The number of anilines is 1. The first kappa shape index (κ1) is 34.0. The number of imidazole rings is 1. The van der Waals surface area contributed by atoms with Crippen molar-refractivity contribution in [1.29, 1.82) is 5.26 Å². The van der Waals surface area contributed by atoms with Crippen molar-refractivity contribution < 1.29 is 28.5 Å². The molecule has 0 amide bonds. The average molecular weight is 695 g/mol. The van der Waals surface area contributed by atoms with Crippen LogP contribution in [0.25, 0.3) is 11.2 Å². The molecule has 3 heterocycles. The maximum absolute atomic E-state index is 13.5. The zero-order chi connectivity index (χ0) is 35.9. The molecule has 0 aliphatic carbocycles. The molecule has 0 radical (unpaired) electrons. The topological polar surface area (TPSA) is 150 Å². The number of aromatic nitrogens is 4. The van der Waals surface area contributed by atoms with Crippen LogP contribution in [0.5, 0.6) is 0 Å². The number of nitriles is 1. The maximum Gasteiger partial charge on any atom is 0.338 e. The highest BCUT2D eigenvalue weighted by Gasteiger charge is 2.51. The SMILES string of the molecule is COC[C@@H]1O[C@@H](n2cnc3c(NCC(c4ccccc4)c4ccccc4)nc(C#N)nc32)[C@H](OC(=O)c2ccccc2)[C@@H]1OC(=O)c1ccccc1. The first-order chi connectivity index (χ1) is 25.5. The van der Waals surface area contributed by atoms with Crippen LogP contribution in [0.1, 0.15) is 49.8 Å². The summed E-state index contributed by atoms with van der Waals surface area (Å²) in [6.07, 6.45) is -2.70. The van der Waals surface area contributed by atoms with Crippen molar-refractivity contribution in [2.75, 3.05) is 25.6 Å². The molecular formula is C40H34N6O6. The largest absolute Gasteiger partial charge is 0.452 e. The van der Waals surface area contributed by atoms with Crippen LogP contribution in [0.15, 0.2) is 128 Å². The van der Waals surface area contributed by atoms with Gasteiger partial charge in [0.15, 0.2) is 35.4 Å². The molecular weight excluding hydrogens is 660 g/mol. The molecule has 0 spiro atoms. The molecule has 260 valence electrons. The predicted octanol–water partition coefficient (Wildman–Crippen LogP) is 5.94. The van der Waals surface area contributed by atoms with Crippen LogP contribution in [0.4, 0.5) is 5.82 Å². The van der Waals surface area contributed by atoms with Gasteiger partial charge in [0.2, 0.25) is 5.82 Å². The van der Waals surface area contributed by atoms with E-state index in [1.54, 1.807) is 65.2 Å². The van der Waals surface area contributed by atoms with Crippen LogP contribution in [-0.4, -0.2) is 70.0 Å². The number of benzene rings is 4. The van der Waals surface area contributed by atoms with E-state index in [0.29, 0.717) is 29.0 Å². The molecule has 6 aromatic rings. The van der Waals surface area contributed by atoms with Gasteiger partial charge in [-0.05, 0) is 35.4 Å². The molecule has 1 N–H and O–H groups in total. The van der Waals surface area contributed by atoms with Crippen molar-refractivity contribution in [2.45, 2.75) is 30.5 Å². The first-order valence-corrected chi connectivity index (χ1v) is 16.7. The number of esters is 2. The number of rotatable bonds is 12. The maximum atomic E-state index is 13.5. The molecule has 2 aromatic heterocycles. The number of carbonyl (C=O) groups excluding carboxylic acids is 2. The van der Waals surface area contributed by atoms with E-state index in [4.69, 9.17) is 18.9 Å². The molecule has 0 unspecified atom stereocenters. The van der Waals surface area contributed by atoms with Gasteiger partial charge in [-0.1, -0.05) is 97.1 Å². The average Bonchev–Trinajstić information content (AvgIpc) is 3.77. The Kier molecular flexibility index (Phi) is 10.2. The fourth-order valence-corrected chi connectivity index (χ4v) is 6.30. The highest BCUT2D eigenvalue weighted by molar-refractivity contribution is 5.90. The van der Waals surface area contributed by atoms with Crippen LogP contribution >= 0.6 is 0 Å². The normalized spacial score (nSPS) is 18.2. The molecule has 12 nitrogen and oxygen atoms in total. The zero-order valence-corrected chi connectivity index (χ0v) is 28.1. The van der Waals surface area contributed by atoms with Crippen LogP contribution < -0.4 is 5.32 Å². The Bertz CT molecular complexity index is 2140. The number of ether oxygens (including phenoxy) is 4. The fourth-order valence-electron chi connectivity index (χ4n) is 6.30. The molecule has 12 heteroatoms. The Morgan fingerprint density at radius 1 is 0.808 bits per heavy atom. The standard InChI is InChI=1S/C40H34N6O6/c1-49-24-31-34(51-39(47)28-18-10-4-11-19-28)35(52-40(48)29-20-12-5-13-21-29)38(50-31)46-25-43-33-36(44-32(22-41)45-37(33)46)42-23-30(26-14-6-2-7-15-26)27-16-8-3-9-17-27/h2-21,25,30-31,34-35,38H,23-24H2,1H3,(H,42,44,45)/t31-,34+,35+,38+/m0/s1. The lowest BCUT2D eigenvalue weighted by molar-refractivity contribution is -0.0622. The van der Waals surface area contributed by atoms with Gasteiger partial charge in [-0.15, -0.1) is 0 Å². The second kappa shape index (κ2) is 15.6. The van der Waals surface area contributed by atoms with Crippen molar-refractivity contribution in [3.63, 3.8) is 0 Å². The first-order valence-electron chi connectivity index (χ1n) is 16.7. The number of nitrogens with zero attached hydrogens (tertiary/aromatic N) is 5. The molecule has 0 saturated carbocycles. The van der Waals surface area contributed by atoms with Crippen LogP contribution in [0, 0.1) is 11.3 Å². The van der Waals surface area contributed by atoms with Gasteiger partial charge in [-0.2, -0.15) is 15.2 Å². The van der Waals surface area contributed by atoms with E-state index in [0.717, 1.165) is 11.1 Å². The van der Waals surface area contributed by atoms with Crippen molar-refractivity contribution in [2.24, 2.45) is 0 Å². The third-order valence-electron chi connectivity index (χ3n) is 8.79. The highest BCUT2D eigenvalue weighted by atomic mass is 16.7. The Balaban J connectivity index is 1.26. The Morgan fingerprint density at radius 3 is 1.88 bits per heavy atom. The minimum Gasteiger partial charge on any atom is -0.452 e. The lowest BCUT2D eigenvalue weighted by Crippen LogP contribution is -2.41. The summed E-state index contributed by atoms with van der Waals surface area (Å²) in [4.78, 5) is 40.5. The quantitative estimate of drug-likeness (QED) is 0.152. The van der Waals surface area contributed by atoms with Gasteiger partial charge in [-0.25, -0.2) is 14.6 Å². The highest BCUT2D eigenvalue weighted by Crippen LogP contribution is 2.37. The van der Waals surface area contributed by atoms with E-state index >= 15 is 0 Å². The summed E-state index contributed by atoms with van der Waals surface area (Å²) >= 11 is 0. The Morgan fingerprint density at radius 2 is 1.35 bits per heavy atom. The van der Waals surface area contributed by atoms with E-state index in [9.17, 15) is 14.9 Å². The Hall–Kier alpha value is -6.42. The molecule has 1 aliphatic heterocycles. The molecule has 7 rings (SSSR count). The summed E-state index contributed by atoms with van der Waals surface area (Å²) in [5.74, 6) is -1.09. The second-order valence-electron chi connectivity index (χ2n) is 12.1. The lowest BCUT2D eigenvalue weighted by Gasteiger charge is -2.25. The summed E-state index contributed by atoms with van der Waals surface area (Å²) in [6.45, 7) is 0.448. The van der Waals surface area contributed by atoms with Gasteiger partial charge in [0.25, 0.3) is 0 Å². The van der Waals surface area contributed by atoms with Gasteiger partial charge in [-0.3, -0.25) is 4.57 Å². The van der Waals surface area contributed by atoms with E-state index in [1.807, 2.05) is 42.5 Å². The minimum absolute atomic E-state index is 0.0147. The van der Waals surface area contributed by atoms with E-state index in [2.05, 4.69) is 44.5 Å². The molecule has 1 saturated heterocycles. The minimum atomic E-state index is -1.17. The van der Waals surface area contributed by atoms with Crippen molar-refractivity contribution >= 4 is 28.9 Å². The summed E-state index contributed by atoms with van der Waals surface area (Å²) in [7, 11) is 1.49. The molecule has 52 heavy (non-hydrogen) atoms. The van der Waals surface area contributed by atoms with Crippen LogP contribution in [-0.2, 0) is 18.9 Å². The molecule has 1 fully saturated rings. The van der Waals surface area contributed by atoms with Crippen molar-refractivity contribution in [3.8, 4) is 6.07 Å². The smallest absolute Gasteiger partial charge is 0.338 e. The molecule has 1 aliphatic rings. The number of methoxy groups -OCH3 is 1. The van der Waals surface area contributed by atoms with Gasteiger partial charge >= 0.3 is 11.9 Å². The summed E-state index contributed by atoms with van der Waals surface area (Å²) < 4.78 is 25.6. The summed E-state index contributed by atoms with van der Waals surface area (Å²) in [5.41, 5.74) is 3.42. The zero-order valence-electron chi connectivity index (χ0n) is 28.1. The summed E-state index contributed by atoms with van der Waals surface area (Å²) in [5, 5.41) is 13.4. The van der Waals surface area contributed by atoms with E-state index in [1.165, 1.54) is 13.4 Å². The lowest BCUT2D eigenvalue weighted by atomic mass is 9.91. The fraction of sp³-hybridized carbons (Fsp3) is 0.200. The Labute approximate surface area is 299 Å². The molecule has 4 aromatic carbocycles. The van der Waals surface area contributed by atoms with Gasteiger partial charge < -0.3 is 24.3 Å². The number of hydrogen-bond acceptors (Lipinski definition) is 11.